The van der Waals surface area contributed by atoms with Gasteiger partial charge in [0.05, 0.1) is 17.3 Å². The number of rotatable bonds is 2. The maximum atomic E-state index is 13.5. The highest BCUT2D eigenvalue weighted by molar-refractivity contribution is 9.10. The summed E-state index contributed by atoms with van der Waals surface area (Å²) < 4.78 is 15.7. The zero-order valence-electron chi connectivity index (χ0n) is 9.72. The highest BCUT2D eigenvalue weighted by atomic mass is 79.9. The number of benzene rings is 1. The molecular weight excluding hydrogens is 313 g/mol. The molecule has 0 amide bonds. The molecule has 0 aliphatic heterocycles. The van der Waals surface area contributed by atoms with Gasteiger partial charge in [0.1, 0.15) is 17.7 Å². The van der Waals surface area contributed by atoms with E-state index in [0.717, 1.165) is 5.56 Å². The Kier molecular flexibility index (Phi) is 2.90. The number of nitrogens with two attached hydrogens (primary N) is 1. The second kappa shape index (κ2) is 4.58. The molecule has 0 radical (unpaired) electrons. The van der Waals surface area contributed by atoms with Crippen molar-refractivity contribution in [3.8, 4) is 0 Å². The van der Waals surface area contributed by atoms with E-state index in [1.165, 1.54) is 12.4 Å². The predicted molar refractivity (Wildman–Crippen MR) is 72.9 cm³/mol. The first-order chi connectivity index (χ1) is 9.16. The average molecular weight is 322 g/mol. The van der Waals surface area contributed by atoms with Crippen LogP contribution in [0.1, 0.15) is 5.56 Å². The number of fused-ring (bicyclic) bond motifs is 1. The average Bonchev–Trinajstić information content (AvgIpc) is 2.80. The maximum Gasteiger partial charge on any atom is 0.165 e. The molecule has 1 aromatic carbocycles. The second-order valence-corrected chi connectivity index (χ2v) is 4.81. The molecule has 5 nitrogen and oxygen atoms in total. The normalized spacial score (nSPS) is 11.1. The smallest absolute Gasteiger partial charge is 0.165 e. The first-order valence-electron chi connectivity index (χ1n) is 5.51. The largest absolute Gasteiger partial charge is 0.382 e. The van der Waals surface area contributed by atoms with Crippen LogP contribution in [0.25, 0.3) is 11.2 Å². The molecule has 0 aliphatic rings. The van der Waals surface area contributed by atoms with Crippen molar-refractivity contribution >= 4 is 32.9 Å². The summed E-state index contributed by atoms with van der Waals surface area (Å²) in [6.07, 6.45) is 3.00. The summed E-state index contributed by atoms with van der Waals surface area (Å²) in [5.74, 6) is 0.0399. The Hall–Kier alpha value is -2.02. The molecule has 0 spiro atoms. The van der Waals surface area contributed by atoms with Gasteiger partial charge in [-0.2, -0.15) is 0 Å². The van der Waals surface area contributed by atoms with Crippen molar-refractivity contribution in [3.63, 3.8) is 0 Å². The molecule has 0 fully saturated rings. The van der Waals surface area contributed by atoms with Gasteiger partial charge in [-0.15, -0.1) is 0 Å². The first-order valence-corrected chi connectivity index (χ1v) is 6.30. The van der Waals surface area contributed by atoms with Crippen LogP contribution in [0, 0.1) is 5.82 Å². The van der Waals surface area contributed by atoms with Crippen molar-refractivity contribution in [2.24, 2.45) is 0 Å². The SMILES string of the molecule is Nc1ncnc2c1ncn2Cc1cccc(F)c1Br. The fourth-order valence-electron chi connectivity index (χ4n) is 1.87. The van der Waals surface area contributed by atoms with E-state index in [2.05, 4.69) is 30.9 Å². The van der Waals surface area contributed by atoms with Gasteiger partial charge in [0.15, 0.2) is 11.5 Å². The van der Waals surface area contributed by atoms with Crippen molar-refractivity contribution in [3.05, 3.63) is 46.7 Å². The standard InChI is InChI=1S/C12H9BrFN5/c13-9-7(2-1-3-8(9)14)4-19-6-18-10-11(15)16-5-17-12(10)19/h1-3,5-6H,4H2,(H2,15,16,17). The van der Waals surface area contributed by atoms with E-state index in [1.807, 2.05) is 6.07 Å². The lowest BCUT2D eigenvalue weighted by Gasteiger charge is -2.07. The van der Waals surface area contributed by atoms with Gasteiger partial charge in [-0.05, 0) is 27.6 Å². The van der Waals surface area contributed by atoms with Crippen LogP contribution in [0.3, 0.4) is 0 Å². The lowest BCUT2D eigenvalue weighted by Crippen LogP contribution is -2.02. The Bertz CT molecular complexity index is 755. The zero-order valence-corrected chi connectivity index (χ0v) is 11.3. The van der Waals surface area contributed by atoms with Gasteiger partial charge < -0.3 is 10.3 Å². The lowest BCUT2D eigenvalue weighted by molar-refractivity contribution is 0.616. The van der Waals surface area contributed by atoms with E-state index in [1.54, 1.807) is 17.0 Å². The first kappa shape index (κ1) is 12.0. The summed E-state index contributed by atoms with van der Waals surface area (Å²) in [4.78, 5) is 12.2. The Morgan fingerprint density at radius 3 is 2.95 bits per heavy atom. The Morgan fingerprint density at radius 1 is 1.26 bits per heavy atom. The third-order valence-electron chi connectivity index (χ3n) is 2.80. The van der Waals surface area contributed by atoms with E-state index in [4.69, 9.17) is 5.73 Å². The van der Waals surface area contributed by atoms with Crippen LogP contribution >= 0.6 is 15.9 Å². The summed E-state index contributed by atoms with van der Waals surface area (Å²) in [5.41, 5.74) is 7.70. The fraction of sp³-hybridized carbons (Fsp3) is 0.0833. The molecular formula is C12H9BrFN5. The third-order valence-corrected chi connectivity index (χ3v) is 3.69. The van der Waals surface area contributed by atoms with E-state index >= 15 is 0 Å². The molecule has 0 saturated carbocycles. The molecule has 19 heavy (non-hydrogen) atoms. The number of hydrogen-bond acceptors (Lipinski definition) is 4. The molecule has 3 aromatic rings. The monoisotopic (exact) mass is 321 g/mol. The summed E-state index contributed by atoms with van der Waals surface area (Å²) in [6, 6.07) is 4.90. The number of nitrogens with zero attached hydrogens (tertiary/aromatic N) is 4. The minimum absolute atomic E-state index is 0.295. The molecule has 0 aliphatic carbocycles. The van der Waals surface area contributed by atoms with Crippen LogP contribution in [0.2, 0.25) is 0 Å². The lowest BCUT2D eigenvalue weighted by atomic mass is 10.2. The Labute approximate surface area is 116 Å². The molecule has 2 aromatic heterocycles. The number of anilines is 1. The molecule has 96 valence electrons. The van der Waals surface area contributed by atoms with Gasteiger partial charge in [0.25, 0.3) is 0 Å². The molecule has 0 atom stereocenters. The highest BCUT2D eigenvalue weighted by Gasteiger charge is 2.10. The second-order valence-electron chi connectivity index (χ2n) is 4.02. The van der Waals surface area contributed by atoms with Crippen LogP contribution < -0.4 is 5.73 Å². The molecule has 3 rings (SSSR count). The summed E-state index contributed by atoms with van der Waals surface area (Å²) in [7, 11) is 0. The molecule has 0 unspecified atom stereocenters. The number of hydrogen-bond donors (Lipinski definition) is 1. The van der Waals surface area contributed by atoms with E-state index in [9.17, 15) is 4.39 Å². The van der Waals surface area contributed by atoms with Crippen LogP contribution in [0.5, 0.6) is 0 Å². The van der Waals surface area contributed by atoms with Gasteiger partial charge in [-0.1, -0.05) is 12.1 Å². The van der Waals surface area contributed by atoms with Crippen molar-refractivity contribution in [1.82, 2.24) is 19.5 Å². The number of imidazole rings is 1. The summed E-state index contributed by atoms with van der Waals surface area (Å²) in [6.45, 7) is 0.450. The number of halogens is 2. The highest BCUT2D eigenvalue weighted by Crippen LogP contribution is 2.23. The van der Waals surface area contributed by atoms with E-state index in [0.29, 0.717) is 28.0 Å². The van der Waals surface area contributed by atoms with Gasteiger partial charge in [-0.25, -0.2) is 19.3 Å². The summed E-state index contributed by atoms with van der Waals surface area (Å²) in [5, 5.41) is 0. The zero-order chi connectivity index (χ0) is 13.4. The van der Waals surface area contributed by atoms with E-state index in [-0.39, 0.29) is 5.82 Å². The van der Waals surface area contributed by atoms with Crippen molar-refractivity contribution in [2.45, 2.75) is 6.54 Å². The molecule has 0 saturated heterocycles. The van der Waals surface area contributed by atoms with Crippen LogP contribution in [0.15, 0.2) is 35.3 Å². The number of aromatic nitrogens is 4. The summed E-state index contributed by atoms with van der Waals surface area (Å²) >= 11 is 3.24. The minimum Gasteiger partial charge on any atom is -0.382 e. The third kappa shape index (κ3) is 2.06. The topological polar surface area (TPSA) is 69.6 Å². The van der Waals surface area contributed by atoms with Crippen molar-refractivity contribution < 1.29 is 4.39 Å². The Morgan fingerprint density at radius 2 is 2.11 bits per heavy atom. The van der Waals surface area contributed by atoms with Crippen LogP contribution in [-0.2, 0) is 6.54 Å². The molecule has 7 heteroatoms. The quantitative estimate of drug-likeness (QED) is 0.786. The minimum atomic E-state index is -0.295. The predicted octanol–water partition coefficient (Wildman–Crippen LogP) is 2.36. The van der Waals surface area contributed by atoms with Gasteiger partial charge in [0, 0.05) is 0 Å². The fourth-order valence-corrected chi connectivity index (χ4v) is 2.26. The van der Waals surface area contributed by atoms with Gasteiger partial charge in [0.2, 0.25) is 0 Å². The molecule has 0 bridgehead atoms. The van der Waals surface area contributed by atoms with Crippen LogP contribution in [0.4, 0.5) is 10.2 Å². The molecule has 2 N–H and O–H groups in total. The van der Waals surface area contributed by atoms with Gasteiger partial charge in [-0.3, -0.25) is 0 Å². The Balaban J connectivity index is 2.07. The van der Waals surface area contributed by atoms with E-state index < -0.39 is 0 Å². The van der Waals surface area contributed by atoms with Gasteiger partial charge >= 0.3 is 0 Å². The maximum absolute atomic E-state index is 13.5. The van der Waals surface area contributed by atoms with Crippen molar-refractivity contribution in [2.75, 3.05) is 5.73 Å². The number of nitrogen functional groups attached to an aromatic ring is 1. The van der Waals surface area contributed by atoms with Crippen molar-refractivity contribution in [1.29, 1.82) is 0 Å². The molecule has 2 heterocycles. The van der Waals surface area contributed by atoms with Crippen LogP contribution in [-0.4, -0.2) is 19.5 Å².